The molecule has 1 fully saturated rings. The van der Waals surface area contributed by atoms with Gasteiger partial charge in [-0.3, -0.25) is 0 Å². The van der Waals surface area contributed by atoms with E-state index in [-0.39, 0.29) is 24.8 Å². The number of rotatable bonds is 1. The zero-order chi connectivity index (χ0) is 7.68. The summed E-state index contributed by atoms with van der Waals surface area (Å²) in [4.78, 5) is 0. The summed E-state index contributed by atoms with van der Waals surface area (Å²) in [5, 5.41) is 11.3. The largest absolute Gasteiger partial charge is 0.319 e. The minimum Gasteiger partial charge on any atom is -0.319 e. The van der Waals surface area contributed by atoms with Crippen LogP contribution in [0.3, 0.4) is 0 Å². The lowest BCUT2D eigenvalue weighted by atomic mass is 10.2. The molecule has 4 nitrogen and oxygen atoms in total. The van der Waals surface area contributed by atoms with Crippen molar-refractivity contribution in [3.8, 4) is 0 Å². The second-order valence-corrected chi connectivity index (χ2v) is 2.95. The van der Waals surface area contributed by atoms with E-state index in [1.807, 2.05) is 11.6 Å². The van der Waals surface area contributed by atoms with Crippen molar-refractivity contribution in [1.29, 1.82) is 0 Å². The van der Waals surface area contributed by atoms with Gasteiger partial charge >= 0.3 is 0 Å². The van der Waals surface area contributed by atoms with Gasteiger partial charge in [0.1, 0.15) is 12.2 Å². The van der Waals surface area contributed by atoms with Crippen LogP contribution in [0.1, 0.15) is 24.7 Å². The Hall–Kier alpha value is -0.320. The minimum absolute atomic E-state index is 0. The fourth-order valence-electron chi connectivity index (χ4n) is 1.51. The van der Waals surface area contributed by atoms with E-state index in [1.165, 1.54) is 12.8 Å². The number of hydrogen-bond acceptors (Lipinski definition) is 3. The van der Waals surface area contributed by atoms with Crippen molar-refractivity contribution in [2.75, 3.05) is 6.54 Å². The van der Waals surface area contributed by atoms with Crippen LogP contribution in [-0.4, -0.2) is 21.3 Å². The van der Waals surface area contributed by atoms with Crippen LogP contribution in [0.25, 0.3) is 0 Å². The second kappa shape index (κ2) is 5.42. The molecule has 0 unspecified atom stereocenters. The molecule has 0 aromatic carbocycles. The Morgan fingerprint density at radius 2 is 2.31 bits per heavy atom. The van der Waals surface area contributed by atoms with Crippen LogP contribution in [0.2, 0.25) is 0 Å². The van der Waals surface area contributed by atoms with Gasteiger partial charge in [-0.25, -0.2) is 0 Å². The first-order valence-electron chi connectivity index (χ1n) is 3.95. The number of hydrogen-bond donors (Lipinski definition) is 1. The third-order valence-corrected chi connectivity index (χ3v) is 2.12. The Balaban J connectivity index is 0.000000720. The molecule has 1 aliphatic heterocycles. The molecule has 0 radical (unpaired) electrons. The number of nitrogens with one attached hydrogen (secondary N) is 1. The van der Waals surface area contributed by atoms with E-state index in [4.69, 9.17) is 0 Å². The van der Waals surface area contributed by atoms with Gasteiger partial charge in [0.15, 0.2) is 0 Å². The van der Waals surface area contributed by atoms with E-state index in [0.717, 1.165) is 12.4 Å². The molecule has 1 aromatic heterocycles. The van der Waals surface area contributed by atoms with E-state index in [2.05, 4.69) is 15.5 Å². The lowest BCUT2D eigenvalue weighted by Crippen LogP contribution is -2.16. The highest BCUT2D eigenvalue weighted by atomic mass is 35.5. The maximum Gasteiger partial charge on any atom is 0.149 e. The van der Waals surface area contributed by atoms with Crippen molar-refractivity contribution >= 4 is 24.8 Å². The van der Waals surface area contributed by atoms with Gasteiger partial charge in [0.25, 0.3) is 0 Å². The molecule has 2 heterocycles. The monoisotopic (exact) mass is 224 g/mol. The quantitative estimate of drug-likeness (QED) is 0.777. The van der Waals surface area contributed by atoms with Gasteiger partial charge in [0.2, 0.25) is 0 Å². The van der Waals surface area contributed by atoms with E-state index >= 15 is 0 Å². The Morgan fingerprint density at radius 1 is 1.54 bits per heavy atom. The van der Waals surface area contributed by atoms with Crippen LogP contribution in [-0.2, 0) is 7.05 Å². The first-order chi connectivity index (χ1) is 5.38. The van der Waals surface area contributed by atoms with Gasteiger partial charge in [-0.1, -0.05) is 0 Å². The first kappa shape index (κ1) is 12.7. The maximum absolute atomic E-state index is 4.05. The number of nitrogens with zero attached hydrogens (tertiary/aromatic N) is 3. The maximum atomic E-state index is 4.05. The van der Waals surface area contributed by atoms with Crippen LogP contribution in [0, 0.1) is 0 Å². The number of aromatic nitrogens is 3. The van der Waals surface area contributed by atoms with Crippen LogP contribution >= 0.6 is 24.8 Å². The van der Waals surface area contributed by atoms with Gasteiger partial charge in [-0.15, -0.1) is 35.0 Å². The molecule has 0 spiro atoms. The third-order valence-electron chi connectivity index (χ3n) is 2.12. The average Bonchev–Trinajstić information content (AvgIpc) is 2.55. The molecule has 2 rings (SSSR count). The molecule has 0 saturated carbocycles. The number of halogens is 2. The summed E-state index contributed by atoms with van der Waals surface area (Å²) in [5.41, 5.74) is 0. The fourth-order valence-corrected chi connectivity index (χ4v) is 1.51. The Labute approximate surface area is 89.9 Å². The lowest BCUT2D eigenvalue weighted by molar-refractivity contribution is 0.577. The fraction of sp³-hybridized carbons (Fsp3) is 0.714. The summed E-state index contributed by atoms with van der Waals surface area (Å²) in [5.74, 6) is 1.06. The summed E-state index contributed by atoms with van der Waals surface area (Å²) in [6.45, 7) is 1.11. The van der Waals surface area contributed by atoms with E-state index in [1.54, 1.807) is 6.33 Å². The molecule has 1 N–H and O–H groups in total. The summed E-state index contributed by atoms with van der Waals surface area (Å²) in [6.07, 6.45) is 4.18. The molecule has 1 saturated heterocycles. The van der Waals surface area contributed by atoms with Crippen LogP contribution in [0.15, 0.2) is 6.33 Å². The van der Waals surface area contributed by atoms with Crippen molar-refractivity contribution in [2.45, 2.75) is 18.9 Å². The molecular weight excluding hydrogens is 211 g/mol. The highest BCUT2D eigenvalue weighted by Crippen LogP contribution is 2.19. The average molecular weight is 225 g/mol. The van der Waals surface area contributed by atoms with Crippen molar-refractivity contribution < 1.29 is 0 Å². The zero-order valence-electron chi connectivity index (χ0n) is 7.43. The third kappa shape index (κ3) is 2.56. The molecule has 1 atom stereocenters. The van der Waals surface area contributed by atoms with Gasteiger partial charge in [0.05, 0.1) is 6.04 Å². The van der Waals surface area contributed by atoms with Crippen molar-refractivity contribution in [2.24, 2.45) is 7.05 Å². The molecular formula is C7H14Cl2N4. The molecule has 0 aliphatic carbocycles. The zero-order valence-corrected chi connectivity index (χ0v) is 9.07. The second-order valence-electron chi connectivity index (χ2n) is 2.95. The van der Waals surface area contributed by atoms with Gasteiger partial charge in [-0.05, 0) is 19.4 Å². The topological polar surface area (TPSA) is 42.7 Å². The molecule has 0 bridgehead atoms. The van der Waals surface area contributed by atoms with E-state index in [0.29, 0.717) is 6.04 Å². The van der Waals surface area contributed by atoms with E-state index in [9.17, 15) is 0 Å². The Morgan fingerprint density at radius 3 is 2.77 bits per heavy atom. The number of aryl methyl sites for hydroxylation is 1. The normalized spacial score (nSPS) is 20.5. The molecule has 76 valence electrons. The summed E-state index contributed by atoms with van der Waals surface area (Å²) >= 11 is 0. The molecule has 0 amide bonds. The van der Waals surface area contributed by atoms with Crippen LogP contribution in [0.4, 0.5) is 0 Å². The predicted molar refractivity (Wildman–Crippen MR) is 55.5 cm³/mol. The molecule has 1 aliphatic rings. The van der Waals surface area contributed by atoms with Gasteiger partial charge in [-0.2, -0.15) is 0 Å². The van der Waals surface area contributed by atoms with Crippen molar-refractivity contribution in [1.82, 2.24) is 20.1 Å². The first-order valence-corrected chi connectivity index (χ1v) is 3.95. The van der Waals surface area contributed by atoms with Gasteiger partial charge < -0.3 is 9.88 Å². The molecule has 6 heteroatoms. The smallest absolute Gasteiger partial charge is 0.149 e. The Bertz CT molecular complexity index is 244. The van der Waals surface area contributed by atoms with E-state index < -0.39 is 0 Å². The SMILES string of the molecule is Cl.Cl.Cn1cnnc1[C@@H]1CCCN1. The molecule has 13 heavy (non-hydrogen) atoms. The predicted octanol–water partition coefficient (Wildman–Crippen LogP) is 1.08. The van der Waals surface area contributed by atoms with Gasteiger partial charge in [0, 0.05) is 7.05 Å². The summed E-state index contributed by atoms with van der Waals surface area (Å²) < 4.78 is 1.98. The summed E-state index contributed by atoms with van der Waals surface area (Å²) in [6, 6.07) is 0.433. The summed E-state index contributed by atoms with van der Waals surface area (Å²) in [7, 11) is 1.98. The van der Waals surface area contributed by atoms with Crippen molar-refractivity contribution in [3.63, 3.8) is 0 Å². The highest BCUT2D eigenvalue weighted by molar-refractivity contribution is 5.85. The highest BCUT2D eigenvalue weighted by Gasteiger charge is 2.19. The van der Waals surface area contributed by atoms with Crippen LogP contribution in [0.5, 0.6) is 0 Å². The van der Waals surface area contributed by atoms with Crippen LogP contribution < -0.4 is 5.32 Å². The Kier molecular flexibility index (Phi) is 5.29. The lowest BCUT2D eigenvalue weighted by Gasteiger charge is -2.07. The standard InChI is InChI=1S/C7H12N4.2ClH/c1-11-5-9-10-7(11)6-3-2-4-8-6;;/h5-6,8H,2-4H2,1H3;2*1H/t6-;;/m0../s1. The minimum atomic E-state index is 0. The molecule has 1 aromatic rings. The van der Waals surface area contributed by atoms with Crippen molar-refractivity contribution in [3.05, 3.63) is 12.2 Å².